The fourth-order valence-corrected chi connectivity index (χ4v) is 1.19. The third-order valence-corrected chi connectivity index (χ3v) is 1.94. The SMILES string of the molecule is CC=C(OC)c1c(F)c(F)c(F)c(F)c1F. The van der Waals surface area contributed by atoms with E-state index in [0.29, 0.717) is 0 Å². The van der Waals surface area contributed by atoms with Crippen LogP contribution in [-0.4, -0.2) is 7.11 Å². The summed E-state index contributed by atoms with van der Waals surface area (Å²) in [5.41, 5.74) is -1.07. The number of rotatable bonds is 2. The molecule has 0 heterocycles. The fourth-order valence-electron chi connectivity index (χ4n) is 1.19. The molecule has 0 aliphatic carbocycles. The Hall–Kier alpha value is -1.59. The Balaban J connectivity index is 3.64. The first-order valence-corrected chi connectivity index (χ1v) is 4.17. The summed E-state index contributed by atoms with van der Waals surface area (Å²) >= 11 is 0. The van der Waals surface area contributed by atoms with Crippen molar-refractivity contribution in [1.29, 1.82) is 0 Å². The zero-order valence-electron chi connectivity index (χ0n) is 8.38. The summed E-state index contributed by atoms with van der Waals surface area (Å²) in [6.07, 6.45) is 1.10. The van der Waals surface area contributed by atoms with Gasteiger partial charge < -0.3 is 4.74 Å². The molecule has 0 saturated carbocycles. The van der Waals surface area contributed by atoms with Crippen molar-refractivity contribution in [3.8, 4) is 0 Å². The number of methoxy groups -OCH3 is 1. The number of hydrogen-bond donors (Lipinski definition) is 0. The maximum atomic E-state index is 13.2. The Morgan fingerprint density at radius 1 is 0.875 bits per heavy atom. The van der Waals surface area contributed by atoms with E-state index in [-0.39, 0.29) is 0 Å². The number of allylic oxidation sites excluding steroid dienone is 1. The van der Waals surface area contributed by atoms with Crippen LogP contribution in [0.2, 0.25) is 0 Å². The van der Waals surface area contributed by atoms with Crippen LogP contribution in [0, 0.1) is 29.1 Å². The van der Waals surface area contributed by atoms with Crippen LogP contribution in [-0.2, 0) is 4.74 Å². The lowest BCUT2D eigenvalue weighted by Crippen LogP contribution is -2.07. The summed E-state index contributed by atoms with van der Waals surface area (Å²) in [5, 5.41) is 0. The smallest absolute Gasteiger partial charge is 0.200 e. The van der Waals surface area contributed by atoms with E-state index in [4.69, 9.17) is 0 Å². The zero-order chi connectivity index (χ0) is 12.5. The lowest BCUT2D eigenvalue weighted by molar-refractivity contribution is 0.344. The van der Waals surface area contributed by atoms with Crippen molar-refractivity contribution < 1.29 is 26.7 Å². The first kappa shape index (κ1) is 12.5. The molecule has 0 aromatic heterocycles. The van der Waals surface area contributed by atoms with Gasteiger partial charge in [-0.25, -0.2) is 22.0 Å². The molecule has 0 amide bonds. The number of halogens is 5. The van der Waals surface area contributed by atoms with Gasteiger partial charge in [0, 0.05) is 0 Å². The Morgan fingerprint density at radius 2 is 1.25 bits per heavy atom. The molecule has 0 bridgehead atoms. The van der Waals surface area contributed by atoms with Gasteiger partial charge in [-0.3, -0.25) is 0 Å². The molecular weight excluding hydrogens is 231 g/mol. The van der Waals surface area contributed by atoms with Gasteiger partial charge in [0.1, 0.15) is 5.76 Å². The molecule has 1 aromatic rings. The van der Waals surface area contributed by atoms with E-state index in [1.807, 2.05) is 0 Å². The van der Waals surface area contributed by atoms with Crippen LogP contribution in [0.3, 0.4) is 0 Å². The van der Waals surface area contributed by atoms with Gasteiger partial charge >= 0.3 is 0 Å². The molecule has 88 valence electrons. The van der Waals surface area contributed by atoms with Gasteiger partial charge in [0.2, 0.25) is 5.82 Å². The number of benzene rings is 1. The van der Waals surface area contributed by atoms with Gasteiger partial charge in [0.05, 0.1) is 12.7 Å². The predicted octanol–water partition coefficient (Wildman–Crippen LogP) is 3.39. The first-order valence-electron chi connectivity index (χ1n) is 4.17. The van der Waals surface area contributed by atoms with Gasteiger partial charge in [-0.2, -0.15) is 0 Å². The molecular formula is C10H7F5O. The van der Waals surface area contributed by atoms with E-state index in [2.05, 4.69) is 4.74 Å². The van der Waals surface area contributed by atoms with Gasteiger partial charge in [-0.1, -0.05) is 0 Å². The maximum absolute atomic E-state index is 13.2. The molecule has 0 fully saturated rings. The summed E-state index contributed by atoms with van der Waals surface area (Å²) in [7, 11) is 1.06. The van der Waals surface area contributed by atoms with Crippen molar-refractivity contribution in [1.82, 2.24) is 0 Å². The van der Waals surface area contributed by atoms with Crippen LogP contribution in [0.4, 0.5) is 22.0 Å². The minimum Gasteiger partial charge on any atom is -0.496 e. The minimum absolute atomic E-state index is 0.423. The van der Waals surface area contributed by atoms with Crippen LogP contribution in [0.1, 0.15) is 12.5 Å². The molecule has 1 aromatic carbocycles. The number of hydrogen-bond acceptors (Lipinski definition) is 1. The van der Waals surface area contributed by atoms with E-state index >= 15 is 0 Å². The first-order chi connectivity index (χ1) is 7.45. The van der Waals surface area contributed by atoms with E-state index < -0.39 is 40.4 Å². The highest BCUT2D eigenvalue weighted by Crippen LogP contribution is 2.28. The van der Waals surface area contributed by atoms with Crippen molar-refractivity contribution in [2.45, 2.75) is 6.92 Å². The quantitative estimate of drug-likeness (QED) is 0.332. The molecule has 0 radical (unpaired) electrons. The second kappa shape index (κ2) is 4.51. The molecule has 1 nitrogen and oxygen atoms in total. The van der Waals surface area contributed by atoms with Crippen LogP contribution in [0.25, 0.3) is 5.76 Å². The fraction of sp³-hybridized carbons (Fsp3) is 0.200. The summed E-state index contributed by atoms with van der Waals surface area (Å²) < 4.78 is 69.2. The van der Waals surface area contributed by atoms with Gasteiger partial charge in [0.15, 0.2) is 23.3 Å². The molecule has 0 saturated heterocycles. The zero-order valence-corrected chi connectivity index (χ0v) is 8.38. The highest BCUT2D eigenvalue weighted by molar-refractivity contribution is 5.61. The Labute approximate surface area is 88.1 Å². The highest BCUT2D eigenvalue weighted by atomic mass is 19.2. The van der Waals surface area contributed by atoms with E-state index in [1.165, 1.54) is 6.92 Å². The molecule has 6 heteroatoms. The summed E-state index contributed by atoms with van der Waals surface area (Å²) in [6.45, 7) is 1.34. The molecule has 0 aliphatic rings. The normalized spacial score (nSPS) is 11.8. The predicted molar refractivity (Wildman–Crippen MR) is 46.9 cm³/mol. The lowest BCUT2D eigenvalue weighted by atomic mass is 10.1. The largest absolute Gasteiger partial charge is 0.496 e. The van der Waals surface area contributed by atoms with Crippen molar-refractivity contribution >= 4 is 5.76 Å². The van der Waals surface area contributed by atoms with E-state index in [1.54, 1.807) is 0 Å². The van der Waals surface area contributed by atoms with Crippen LogP contribution >= 0.6 is 0 Å². The van der Waals surface area contributed by atoms with Crippen LogP contribution in [0.5, 0.6) is 0 Å². The molecule has 0 unspecified atom stereocenters. The molecule has 16 heavy (non-hydrogen) atoms. The summed E-state index contributed by atoms with van der Waals surface area (Å²) in [4.78, 5) is 0. The molecule has 0 spiro atoms. The highest BCUT2D eigenvalue weighted by Gasteiger charge is 2.27. The molecule has 1 rings (SSSR count). The van der Waals surface area contributed by atoms with Gasteiger partial charge in [0.25, 0.3) is 0 Å². The van der Waals surface area contributed by atoms with Gasteiger partial charge in [-0.05, 0) is 13.0 Å². The lowest BCUT2D eigenvalue weighted by Gasteiger charge is -2.10. The molecule has 0 aliphatic heterocycles. The topological polar surface area (TPSA) is 9.23 Å². The van der Waals surface area contributed by atoms with Crippen LogP contribution < -0.4 is 0 Å². The number of ether oxygens (including phenoxy) is 1. The van der Waals surface area contributed by atoms with Crippen molar-refractivity contribution in [2.75, 3.05) is 7.11 Å². The third kappa shape index (κ3) is 1.75. The third-order valence-electron chi connectivity index (χ3n) is 1.94. The monoisotopic (exact) mass is 238 g/mol. The maximum Gasteiger partial charge on any atom is 0.200 e. The Morgan fingerprint density at radius 3 is 1.56 bits per heavy atom. The van der Waals surface area contributed by atoms with E-state index in [9.17, 15) is 22.0 Å². The molecule has 0 N–H and O–H groups in total. The summed E-state index contributed by atoms with van der Waals surface area (Å²) in [5.74, 6) is -10.4. The van der Waals surface area contributed by atoms with Crippen molar-refractivity contribution in [2.24, 2.45) is 0 Å². The Kier molecular flexibility index (Phi) is 3.51. The molecule has 0 atom stereocenters. The van der Waals surface area contributed by atoms with Crippen LogP contribution in [0.15, 0.2) is 6.08 Å². The average Bonchev–Trinajstić information content (AvgIpc) is 2.29. The van der Waals surface area contributed by atoms with E-state index in [0.717, 1.165) is 13.2 Å². The Bertz CT molecular complexity index is 424. The van der Waals surface area contributed by atoms with Crippen molar-refractivity contribution in [3.63, 3.8) is 0 Å². The second-order valence-electron chi connectivity index (χ2n) is 2.80. The average molecular weight is 238 g/mol. The van der Waals surface area contributed by atoms with Gasteiger partial charge in [-0.15, -0.1) is 0 Å². The van der Waals surface area contributed by atoms with Crippen molar-refractivity contribution in [3.05, 3.63) is 40.7 Å². The summed E-state index contributed by atoms with van der Waals surface area (Å²) in [6, 6.07) is 0. The standard InChI is InChI=1S/C10H7F5O/c1-3-4(16-2)5-6(11)8(13)10(15)9(14)7(5)12/h3H,1-2H3. The second-order valence-corrected chi connectivity index (χ2v) is 2.80. The minimum atomic E-state index is -2.19.